The summed E-state index contributed by atoms with van der Waals surface area (Å²) in [4.78, 5) is 14.2. The number of anilines is 3. The molecule has 0 fully saturated rings. The summed E-state index contributed by atoms with van der Waals surface area (Å²) in [6.45, 7) is 8.00. The molecule has 0 bridgehead atoms. The average molecular weight is 342 g/mol. The fraction of sp³-hybridized carbons (Fsp3) is 0.350. The molecule has 1 N–H and O–H groups in total. The van der Waals surface area contributed by atoms with E-state index in [1.165, 1.54) is 0 Å². The van der Waals surface area contributed by atoms with Crippen molar-refractivity contribution in [3.63, 3.8) is 0 Å². The van der Waals surface area contributed by atoms with Crippen LogP contribution in [0, 0.1) is 0 Å². The minimum absolute atomic E-state index is 0.371. The number of ether oxygens (including phenoxy) is 2. The van der Waals surface area contributed by atoms with Crippen molar-refractivity contribution >= 4 is 23.2 Å². The van der Waals surface area contributed by atoms with E-state index in [0.29, 0.717) is 6.54 Å². The number of hydrogen-bond acceptors (Lipinski definition) is 4. The Hall–Kier alpha value is -2.69. The maximum Gasteiger partial charge on any atom is 0.414 e. The van der Waals surface area contributed by atoms with E-state index in [1.54, 1.807) is 12.0 Å². The molecular formula is C20H26N2O3. The third-order valence-electron chi connectivity index (χ3n) is 3.50. The topological polar surface area (TPSA) is 50.8 Å². The Morgan fingerprint density at radius 2 is 1.64 bits per heavy atom. The van der Waals surface area contributed by atoms with E-state index in [9.17, 15) is 4.79 Å². The van der Waals surface area contributed by atoms with Crippen molar-refractivity contribution in [3.05, 3.63) is 48.5 Å². The molecule has 134 valence electrons. The predicted molar refractivity (Wildman–Crippen MR) is 102 cm³/mol. The summed E-state index contributed by atoms with van der Waals surface area (Å²) < 4.78 is 10.9. The Balaban J connectivity index is 2.34. The highest BCUT2D eigenvalue weighted by Gasteiger charge is 2.24. The smallest absolute Gasteiger partial charge is 0.414 e. The maximum atomic E-state index is 12.6. The van der Waals surface area contributed by atoms with Gasteiger partial charge in [-0.15, -0.1) is 0 Å². The van der Waals surface area contributed by atoms with E-state index in [4.69, 9.17) is 9.47 Å². The Kier molecular flexibility index (Phi) is 5.91. The molecule has 0 saturated carbocycles. The quantitative estimate of drug-likeness (QED) is 0.811. The largest absolute Gasteiger partial charge is 0.495 e. The molecule has 5 nitrogen and oxygen atoms in total. The summed E-state index contributed by atoms with van der Waals surface area (Å²) in [6.07, 6.45) is -0.371. The number of nitrogens with zero attached hydrogens (tertiary/aromatic N) is 1. The average Bonchev–Trinajstić information content (AvgIpc) is 2.56. The van der Waals surface area contributed by atoms with Crippen LogP contribution in [0.1, 0.15) is 27.7 Å². The van der Waals surface area contributed by atoms with Crippen molar-refractivity contribution in [3.8, 4) is 5.75 Å². The van der Waals surface area contributed by atoms with E-state index < -0.39 is 5.60 Å². The van der Waals surface area contributed by atoms with Crippen LogP contribution in [-0.2, 0) is 4.74 Å². The molecule has 0 radical (unpaired) electrons. The second-order valence-electron chi connectivity index (χ2n) is 6.57. The molecule has 0 aliphatic rings. The third-order valence-corrected chi connectivity index (χ3v) is 3.50. The van der Waals surface area contributed by atoms with Crippen molar-refractivity contribution in [1.82, 2.24) is 0 Å². The number of carbonyl (C=O) groups is 1. The monoisotopic (exact) mass is 342 g/mol. The van der Waals surface area contributed by atoms with Gasteiger partial charge in [-0.2, -0.15) is 0 Å². The highest BCUT2D eigenvalue weighted by molar-refractivity contribution is 5.93. The highest BCUT2D eigenvalue weighted by atomic mass is 16.6. The Morgan fingerprint density at radius 3 is 2.24 bits per heavy atom. The zero-order valence-electron chi connectivity index (χ0n) is 15.5. The zero-order valence-corrected chi connectivity index (χ0v) is 15.5. The molecule has 0 aromatic heterocycles. The fourth-order valence-electron chi connectivity index (χ4n) is 2.42. The van der Waals surface area contributed by atoms with Crippen molar-refractivity contribution in [2.75, 3.05) is 23.9 Å². The molecule has 0 unspecified atom stereocenters. The maximum absolute atomic E-state index is 12.6. The lowest BCUT2D eigenvalue weighted by molar-refractivity contribution is 0.0582. The standard InChI is InChI=1S/C20H26N2O3/c1-6-22(19(23)25-20(2,3)4)17-13-9-7-11-15(17)21-16-12-8-10-14-18(16)24-5/h7-14,21H,6H2,1-5H3. The van der Waals surface area contributed by atoms with Crippen LogP contribution in [0.4, 0.5) is 21.9 Å². The predicted octanol–water partition coefficient (Wildman–Crippen LogP) is 5.20. The van der Waals surface area contributed by atoms with E-state index in [2.05, 4.69) is 5.32 Å². The number of amides is 1. The van der Waals surface area contributed by atoms with Gasteiger partial charge in [-0.25, -0.2) is 4.79 Å². The number of methoxy groups -OCH3 is 1. The van der Waals surface area contributed by atoms with Crippen LogP contribution >= 0.6 is 0 Å². The van der Waals surface area contributed by atoms with E-state index in [0.717, 1.165) is 22.8 Å². The summed E-state index contributed by atoms with van der Waals surface area (Å²) in [5.41, 5.74) is 1.85. The van der Waals surface area contributed by atoms with Gasteiger partial charge < -0.3 is 14.8 Å². The van der Waals surface area contributed by atoms with Gasteiger partial charge in [-0.05, 0) is 52.0 Å². The van der Waals surface area contributed by atoms with Gasteiger partial charge in [0.05, 0.1) is 24.2 Å². The molecule has 5 heteroatoms. The number of carbonyl (C=O) groups excluding carboxylic acids is 1. The normalized spacial score (nSPS) is 10.9. The van der Waals surface area contributed by atoms with Crippen LogP contribution in [0.15, 0.2) is 48.5 Å². The van der Waals surface area contributed by atoms with Crippen molar-refractivity contribution in [2.24, 2.45) is 0 Å². The first kappa shape index (κ1) is 18.6. The SMILES string of the molecule is CCN(C(=O)OC(C)(C)C)c1ccccc1Nc1ccccc1OC. The van der Waals surface area contributed by atoms with Crippen molar-refractivity contribution in [2.45, 2.75) is 33.3 Å². The summed E-state index contributed by atoms with van der Waals surface area (Å²) in [5.74, 6) is 0.734. The first-order valence-corrected chi connectivity index (χ1v) is 8.35. The van der Waals surface area contributed by atoms with Crippen LogP contribution in [0.25, 0.3) is 0 Å². The van der Waals surface area contributed by atoms with Crippen molar-refractivity contribution < 1.29 is 14.3 Å². The van der Waals surface area contributed by atoms with Gasteiger partial charge in [-0.1, -0.05) is 24.3 Å². The van der Waals surface area contributed by atoms with Crippen LogP contribution in [-0.4, -0.2) is 25.3 Å². The third kappa shape index (κ3) is 4.89. The summed E-state index contributed by atoms with van der Waals surface area (Å²) in [5, 5.41) is 3.35. The van der Waals surface area contributed by atoms with Gasteiger partial charge in [-0.3, -0.25) is 4.90 Å². The highest BCUT2D eigenvalue weighted by Crippen LogP contribution is 2.33. The summed E-state index contributed by atoms with van der Waals surface area (Å²) in [6, 6.07) is 15.3. The number of para-hydroxylation sites is 4. The molecule has 0 aliphatic heterocycles. The summed E-state index contributed by atoms with van der Waals surface area (Å²) >= 11 is 0. The number of rotatable bonds is 5. The second kappa shape index (κ2) is 7.92. The lowest BCUT2D eigenvalue weighted by Gasteiger charge is -2.28. The molecular weight excluding hydrogens is 316 g/mol. The minimum Gasteiger partial charge on any atom is -0.495 e. The first-order valence-electron chi connectivity index (χ1n) is 8.35. The van der Waals surface area contributed by atoms with Gasteiger partial charge >= 0.3 is 6.09 Å². The van der Waals surface area contributed by atoms with Gasteiger partial charge in [0, 0.05) is 6.54 Å². The van der Waals surface area contributed by atoms with Crippen molar-refractivity contribution in [1.29, 1.82) is 0 Å². The van der Waals surface area contributed by atoms with Gasteiger partial charge in [0.2, 0.25) is 0 Å². The molecule has 0 spiro atoms. The molecule has 2 aromatic carbocycles. The Labute approximate surface area is 149 Å². The minimum atomic E-state index is -0.546. The molecule has 1 amide bonds. The fourth-order valence-corrected chi connectivity index (χ4v) is 2.42. The van der Waals surface area contributed by atoms with E-state index >= 15 is 0 Å². The molecule has 25 heavy (non-hydrogen) atoms. The van der Waals surface area contributed by atoms with Crippen LogP contribution in [0.2, 0.25) is 0 Å². The molecule has 0 heterocycles. The zero-order chi connectivity index (χ0) is 18.4. The van der Waals surface area contributed by atoms with Gasteiger partial charge in [0.25, 0.3) is 0 Å². The molecule has 0 saturated heterocycles. The lowest BCUT2D eigenvalue weighted by atomic mass is 10.2. The number of benzene rings is 2. The number of nitrogens with one attached hydrogen (secondary N) is 1. The Morgan fingerprint density at radius 1 is 1.04 bits per heavy atom. The van der Waals surface area contributed by atoms with Crippen LogP contribution < -0.4 is 15.0 Å². The summed E-state index contributed by atoms with van der Waals surface area (Å²) in [7, 11) is 1.63. The van der Waals surface area contributed by atoms with Gasteiger partial charge in [0.1, 0.15) is 11.4 Å². The molecule has 2 rings (SSSR count). The first-order chi connectivity index (χ1) is 11.9. The van der Waals surface area contributed by atoms with E-state index in [-0.39, 0.29) is 6.09 Å². The number of hydrogen-bond donors (Lipinski definition) is 1. The Bertz CT molecular complexity index is 723. The van der Waals surface area contributed by atoms with Gasteiger partial charge in [0.15, 0.2) is 0 Å². The molecule has 0 aliphatic carbocycles. The molecule has 0 atom stereocenters. The second-order valence-corrected chi connectivity index (χ2v) is 6.57. The van der Waals surface area contributed by atoms with E-state index in [1.807, 2.05) is 76.2 Å². The lowest BCUT2D eigenvalue weighted by Crippen LogP contribution is -2.37. The van der Waals surface area contributed by atoms with Crippen LogP contribution in [0.3, 0.4) is 0 Å². The molecule has 2 aromatic rings. The van der Waals surface area contributed by atoms with Crippen LogP contribution in [0.5, 0.6) is 5.75 Å².